The van der Waals surface area contributed by atoms with Gasteiger partial charge in [0.1, 0.15) is 0 Å². The van der Waals surface area contributed by atoms with E-state index in [2.05, 4.69) is 16.0 Å². The fourth-order valence-corrected chi connectivity index (χ4v) is 2.65. The van der Waals surface area contributed by atoms with Crippen molar-refractivity contribution >= 4 is 47.2 Å². The minimum absolute atomic E-state index is 0. The summed E-state index contributed by atoms with van der Waals surface area (Å²) in [7, 11) is 0. The van der Waals surface area contributed by atoms with Crippen molar-refractivity contribution in [3.63, 3.8) is 0 Å². The van der Waals surface area contributed by atoms with Gasteiger partial charge < -0.3 is 20.4 Å². The second-order valence-corrected chi connectivity index (χ2v) is 6.23. The molecule has 1 atom stereocenters. The molecule has 1 aliphatic heterocycles. The lowest BCUT2D eigenvalue weighted by molar-refractivity contribution is -0.121. The van der Waals surface area contributed by atoms with E-state index in [0.717, 1.165) is 13.1 Å². The van der Waals surface area contributed by atoms with E-state index in [-0.39, 0.29) is 35.9 Å². The lowest BCUT2D eigenvalue weighted by Gasteiger charge is -2.31. The molecular formula is C17H19Cl2N3O3. The number of halogens is 2. The van der Waals surface area contributed by atoms with Gasteiger partial charge >= 0.3 is 0 Å². The first-order chi connectivity index (χ1) is 11.5. The van der Waals surface area contributed by atoms with Crippen LogP contribution in [0.2, 0.25) is 5.02 Å². The molecule has 1 aromatic heterocycles. The Bertz CT molecular complexity index is 746. The van der Waals surface area contributed by atoms with E-state index in [1.807, 2.05) is 6.92 Å². The van der Waals surface area contributed by atoms with E-state index in [1.165, 1.54) is 6.26 Å². The van der Waals surface area contributed by atoms with Gasteiger partial charge in [-0.25, -0.2) is 0 Å². The summed E-state index contributed by atoms with van der Waals surface area (Å²) < 4.78 is 5.03. The molecular weight excluding hydrogens is 365 g/mol. The molecule has 25 heavy (non-hydrogen) atoms. The van der Waals surface area contributed by atoms with Crippen molar-refractivity contribution in [2.75, 3.05) is 23.7 Å². The van der Waals surface area contributed by atoms with Crippen LogP contribution in [0.4, 0.5) is 11.4 Å². The third-order valence-electron chi connectivity index (χ3n) is 4.16. The van der Waals surface area contributed by atoms with Crippen molar-refractivity contribution in [1.29, 1.82) is 0 Å². The maximum absolute atomic E-state index is 12.2. The lowest BCUT2D eigenvalue weighted by atomic mass is 9.88. The summed E-state index contributed by atoms with van der Waals surface area (Å²) >= 11 is 6.19. The standard InChI is InChI=1S/C17H18ClN3O3.ClH/c1-10(11-8-19-9-11)16(22)20-12-4-5-14(13(18)7-12)21-17(23)15-3-2-6-24-15;/h2-7,10-11,19H,8-9H2,1H3,(H,20,22)(H,21,23);1H. The van der Waals surface area contributed by atoms with Crippen LogP contribution in [0.1, 0.15) is 17.5 Å². The fraction of sp³-hybridized carbons (Fsp3) is 0.294. The summed E-state index contributed by atoms with van der Waals surface area (Å²) in [5.74, 6) is 0.0804. The van der Waals surface area contributed by atoms with Crippen molar-refractivity contribution in [3.8, 4) is 0 Å². The fourth-order valence-electron chi connectivity index (χ4n) is 2.42. The number of carbonyl (C=O) groups excluding carboxylic acids is 2. The van der Waals surface area contributed by atoms with Gasteiger partial charge in [-0.15, -0.1) is 12.4 Å². The Kier molecular flexibility index (Phi) is 6.47. The van der Waals surface area contributed by atoms with Crippen molar-refractivity contribution in [2.24, 2.45) is 11.8 Å². The highest BCUT2D eigenvalue weighted by atomic mass is 35.5. The molecule has 0 bridgehead atoms. The van der Waals surface area contributed by atoms with Gasteiger partial charge in [-0.2, -0.15) is 0 Å². The Morgan fingerprint density at radius 3 is 2.60 bits per heavy atom. The van der Waals surface area contributed by atoms with Gasteiger partial charge in [0.25, 0.3) is 5.91 Å². The Hall–Kier alpha value is -2.02. The van der Waals surface area contributed by atoms with E-state index >= 15 is 0 Å². The highest BCUT2D eigenvalue weighted by Crippen LogP contribution is 2.27. The zero-order valence-corrected chi connectivity index (χ0v) is 15.1. The Morgan fingerprint density at radius 2 is 2.04 bits per heavy atom. The average Bonchev–Trinajstić information content (AvgIpc) is 3.02. The average molecular weight is 384 g/mol. The number of furan rings is 1. The summed E-state index contributed by atoms with van der Waals surface area (Å²) in [6.07, 6.45) is 1.42. The highest BCUT2D eigenvalue weighted by Gasteiger charge is 2.28. The maximum Gasteiger partial charge on any atom is 0.291 e. The molecule has 3 rings (SSSR count). The second-order valence-electron chi connectivity index (χ2n) is 5.82. The second kappa shape index (κ2) is 8.38. The van der Waals surface area contributed by atoms with Crippen LogP contribution in [0, 0.1) is 11.8 Å². The van der Waals surface area contributed by atoms with Gasteiger partial charge in [0.15, 0.2) is 5.76 Å². The van der Waals surface area contributed by atoms with Crippen molar-refractivity contribution in [3.05, 3.63) is 47.4 Å². The summed E-state index contributed by atoms with van der Waals surface area (Å²) in [5.41, 5.74) is 1.05. The minimum Gasteiger partial charge on any atom is -0.459 e. The van der Waals surface area contributed by atoms with Crippen LogP contribution in [0.25, 0.3) is 0 Å². The van der Waals surface area contributed by atoms with Gasteiger partial charge in [0, 0.05) is 11.6 Å². The van der Waals surface area contributed by atoms with Crippen molar-refractivity contribution in [2.45, 2.75) is 6.92 Å². The first-order valence-corrected chi connectivity index (χ1v) is 8.08. The van der Waals surface area contributed by atoms with Crippen molar-refractivity contribution < 1.29 is 14.0 Å². The Labute approximate surface area is 156 Å². The number of benzene rings is 1. The molecule has 0 radical (unpaired) electrons. The van der Waals surface area contributed by atoms with Crippen LogP contribution < -0.4 is 16.0 Å². The third-order valence-corrected chi connectivity index (χ3v) is 4.48. The smallest absolute Gasteiger partial charge is 0.291 e. The van der Waals surface area contributed by atoms with Gasteiger partial charge in [0.05, 0.1) is 17.0 Å². The molecule has 1 unspecified atom stereocenters. The van der Waals surface area contributed by atoms with Gasteiger partial charge in [-0.1, -0.05) is 18.5 Å². The number of anilines is 2. The van der Waals surface area contributed by atoms with Gasteiger partial charge in [-0.3, -0.25) is 9.59 Å². The van der Waals surface area contributed by atoms with E-state index in [1.54, 1.807) is 30.3 Å². The van der Waals surface area contributed by atoms with E-state index in [9.17, 15) is 9.59 Å². The zero-order chi connectivity index (χ0) is 17.1. The highest BCUT2D eigenvalue weighted by molar-refractivity contribution is 6.34. The maximum atomic E-state index is 12.2. The molecule has 1 saturated heterocycles. The number of hydrogen-bond donors (Lipinski definition) is 3. The molecule has 1 aromatic carbocycles. The Morgan fingerprint density at radius 1 is 1.28 bits per heavy atom. The molecule has 3 N–H and O–H groups in total. The van der Waals surface area contributed by atoms with Gasteiger partial charge in [0.2, 0.25) is 5.91 Å². The van der Waals surface area contributed by atoms with Crippen LogP contribution in [0.15, 0.2) is 41.0 Å². The molecule has 0 saturated carbocycles. The molecule has 8 heteroatoms. The first-order valence-electron chi connectivity index (χ1n) is 7.70. The third kappa shape index (κ3) is 4.54. The minimum atomic E-state index is -0.384. The summed E-state index contributed by atoms with van der Waals surface area (Å²) in [6, 6.07) is 8.16. The SMILES string of the molecule is CC(C(=O)Nc1ccc(NC(=O)c2ccco2)c(Cl)c1)C1CNC1.Cl. The van der Waals surface area contributed by atoms with E-state index < -0.39 is 0 Å². The quantitative estimate of drug-likeness (QED) is 0.738. The number of nitrogens with one attached hydrogen (secondary N) is 3. The summed E-state index contributed by atoms with van der Waals surface area (Å²) in [5, 5.41) is 9.02. The monoisotopic (exact) mass is 383 g/mol. The topological polar surface area (TPSA) is 83.4 Å². The van der Waals surface area contributed by atoms with Crippen LogP contribution >= 0.6 is 24.0 Å². The summed E-state index contributed by atoms with van der Waals surface area (Å²) in [6.45, 7) is 3.65. The number of amides is 2. The number of carbonyl (C=O) groups is 2. The largest absolute Gasteiger partial charge is 0.459 e. The molecule has 134 valence electrons. The van der Waals surface area contributed by atoms with E-state index in [4.69, 9.17) is 16.0 Å². The van der Waals surface area contributed by atoms with Crippen LogP contribution in [0.3, 0.4) is 0 Å². The first kappa shape index (κ1) is 19.3. The van der Waals surface area contributed by atoms with Crippen LogP contribution in [0.5, 0.6) is 0 Å². The molecule has 0 spiro atoms. The van der Waals surface area contributed by atoms with Crippen LogP contribution in [-0.2, 0) is 4.79 Å². The molecule has 1 fully saturated rings. The normalized spacial score (nSPS) is 14.8. The molecule has 6 nitrogen and oxygen atoms in total. The van der Waals surface area contributed by atoms with Crippen molar-refractivity contribution in [1.82, 2.24) is 5.32 Å². The van der Waals surface area contributed by atoms with Gasteiger partial charge in [-0.05, 0) is 49.3 Å². The zero-order valence-electron chi connectivity index (χ0n) is 13.5. The Balaban J connectivity index is 0.00000225. The predicted molar refractivity (Wildman–Crippen MR) is 99.5 cm³/mol. The molecule has 1 aliphatic rings. The predicted octanol–water partition coefficient (Wildman–Crippen LogP) is 3.40. The number of hydrogen-bond acceptors (Lipinski definition) is 4. The molecule has 2 heterocycles. The summed E-state index contributed by atoms with van der Waals surface area (Å²) in [4.78, 5) is 24.2. The lowest BCUT2D eigenvalue weighted by Crippen LogP contribution is -2.48. The van der Waals surface area contributed by atoms with Crippen LogP contribution in [-0.4, -0.2) is 24.9 Å². The number of rotatable bonds is 5. The molecule has 2 amide bonds. The van der Waals surface area contributed by atoms with E-state index in [0.29, 0.717) is 22.3 Å². The molecule has 0 aliphatic carbocycles. The molecule has 2 aromatic rings.